The molecule has 0 amide bonds. The van der Waals surface area contributed by atoms with Gasteiger partial charge in [0.05, 0.1) is 5.56 Å². The Hall–Kier alpha value is -0.390. The zero-order chi connectivity index (χ0) is 6.69. The predicted octanol–water partition coefficient (Wildman–Crippen LogP) is -0.913. The fraction of sp³-hybridized carbons (Fsp3) is 0. The summed E-state index contributed by atoms with van der Waals surface area (Å²) in [5.41, 5.74) is 0.331. The van der Waals surface area contributed by atoms with Crippen molar-refractivity contribution < 1.29 is 20.9 Å². The normalized spacial score (nSPS) is 6.67. The second-order valence-electron chi connectivity index (χ2n) is 1.67. The maximum absolute atomic E-state index is 10.2. The Morgan fingerprint density at radius 1 is 1.08 bits per heavy atom. The van der Waals surface area contributed by atoms with Gasteiger partial charge >= 0.3 is 35.5 Å². The summed E-state index contributed by atoms with van der Waals surface area (Å²) in [6.45, 7) is 0. The van der Waals surface area contributed by atoms with Crippen LogP contribution in [0.2, 0.25) is 0 Å². The van der Waals surface area contributed by atoms with Gasteiger partial charge in [0.15, 0.2) is 0 Å². The van der Waals surface area contributed by atoms with Crippen molar-refractivity contribution in [3.63, 3.8) is 0 Å². The minimum atomic E-state index is -0.879. The van der Waals surface area contributed by atoms with Gasteiger partial charge in [-0.25, -0.2) is 4.79 Å². The van der Waals surface area contributed by atoms with Crippen LogP contribution in [0, 0.1) is 0 Å². The summed E-state index contributed by atoms with van der Waals surface area (Å²) in [4.78, 5) is 10.2. The first-order valence-corrected chi connectivity index (χ1v) is 2.59. The van der Waals surface area contributed by atoms with Crippen LogP contribution in [-0.4, -0.2) is 51.6 Å². The molecule has 5 N–H and O–H groups in total. The van der Waals surface area contributed by atoms with Crippen LogP contribution in [0.5, 0.6) is 0 Å². The van der Waals surface area contributed by atoms with Crippen molar-refractivity contribution in [3.8, 4) is 0 Å². The Bertz CT molecular complexity index is 212. The van der Waals surface area contributed by atoms with E-state index in [1.165, 1.54) is 0 Å². The first kappa shape index (κ1) is 17.6. The molecule has 1 rings (SSSR count). The number of benzene rings is 1. The Labute approximate surface area is 92.1 Å². The topological polar surface area (TPSA) is 100 Å². The van der Waals surface area contributed by atoms with Crippen molar-refractivity contribution in [2.75, 3.05) is 0 Å². The van der Waals surface area contributed by atoms with E-state index in [1.807, 2.05) is 0 Å². The fourth-order valence-corrected chi connectivity index (χ4v) is 0.581. The maximum atomic E-state index is 10.2. The Morgan fingerprint density at radius 2 is 1.50 bits per heavy atom. The van der Waals surface area contributed by atoms with E-state index in [2.05, 4.69) is 0 Å². The number of carboxylic acid groups (broad SMARTS) is 1. The first-order valence-electron chi connectivity index (χ1n) is 2.59. The molecule has 1 aromatic carbocycles. The molecule has 0 aliphatic rings. The van der Waals surface area contributed by atoms with E-state index in [0.29, 0.717) is 5.56 Å². The molecule has 4 nitrogen and oxygen atoms in total. The molecule has 0 unspecified atom stereocenters. The van der Waals surface area contributed by atoms with E-state index in [-0.39, 0.29) is 40.5 Å². The van der Waals surface area contributed by atoms with Crippen molar-refractivity contribution in [1.29, 1.82) is 0 Å². The van der Waals surface area contributed by atoms with Gasteiger partial charge in [-0.3, -0.25) is 0 Å². The molecule has 0 bridgehead atoms. The second-order valence-corrected chi connectivity index (χ2v) is 1.67. The molecular formula is C7H11NaO4. The molecule has 5 heteroatoms. The molecule has 0 aliphatic heterocycles. The van der Waals surface area contributed by atoms with Gasteiger partial charge < -0.3 is 16.1 Å². The van der Waals surface area contributed by atoms with Crippen LogP contribution in [0.3, 0.4) is 0 Å². The third-order valence-corrected chi connectivity index (χ3v) is 1.02. The minimum absolute atomic E-state index is 0. The van der Waals surface area contributed by atoms with Crippen LogP contribution >= 0.6 is 0 Å². The fourth-order valence-electron chi connectivity index (χ4n) is 0.581. The predicted molar refractivity (Wildman–Crippen MR) is 47.8 cm³/mol. The van der Waals surface area contributed by atoms with Gasteiger partial charge in [-0.05, 0) is 12.1 Å². The summed E-state index contributed by atoms with van der Waals surface area (Å²) in [6, 6.07) is 8.30. The monoisotopic (exact) mass is 182 g/mol. The molecule has 0 saturated carbocycles. The average Bonchev–Trinajstić information content (AvgIpc) is 1.90. The van der Waals surface area contributed by atoms with Crippen LogP contribution < -0.4 is 0 Å². The van der Waals surface area contributed by atoms with Crippen molar-refractivity contribution in [2.24, 2.45) is 0 Å². The van der Waals surface area contributed by atoms with Crippen molar-refractivity contribution in [1.82, 2.24) is 0 Å². The number of hydrogen-bond donors (Lipinski definition) is 1. The van der Waals surface area contributed by atoms with Crippen molar-refractivity contribution in [3.05, 3.63) is 35.9 Å². The van der Waals surface area contributed by atoms with Gasteiger partial charge in [0, 0.05) is 0 Å². The van der Waals surface area contributed by atoms with Crippen LogP contribution in [0.4, 0.5) is 0 Å². The van der Waals surface area contributed by atoms with E-state index < -0.39 is 5.97 Å². The molecule has 64 valence electrons. The summed E-state index contributed by atoms with van der Waals surface area (Å²) < 4.78 is 0. The standard InChI is InChI=1S/C7H6O2.Na.2H2O.H/c8-7(9)6-4-2-1-3-5-6;;;;/h1-5H,(H,8,9);;2*1H2;. The van der Waals surface area contributed by atoms with Crippen LogP contribution in [-0.2, 0) is 0 Å². The van der Waals surface area contributed by atoms with Gasteiger partial charge in [-0.2, -0.15) is 0 Å². The molecule has 0 aromatic heterocycles. The number of rotatable bonds is 1. The van der Waals surface area contributed by atoms with Crippen LogP contribution in [0.1, 0.15) is 10.4 Å². The second kappa shape index (κ2) is 8.70. The molecule has 0 radical (unpaired) electrons. The van der Waals surface area contributed by atoms with E-state index in [1.54, 1.807) is 30.3 Å². The number of carboxylic acids is 1. The quantitative estimate of drug-likeness (QED) is 0.568. The molecule has 0 spiro atoms. The van der Waals surface area contributed by atoms with E-state index in [0.717, 1.165) is 0 Å². The number of carbonyl (C=O) groups is 1. The SMILES string of the molecule is O.O.O=C(O)c1ccccc1.[NaH]. The summed E-state index contributed by atoms with van der Waals surface area (Å²) in [7, 11) is 0. The zero-order valence-electron chi connectivity index (χ0n) is 5.74. The molecule has 0 aliphatic carbocycles. The van der Waals surface area contributed by atoms with E-state index in [9.17, 15) is 4.79 Å². The summed E-state index contributed by atoms with van der Waals surface area (Å²) in [6.07, 6.45) is 0. The number of aromatic carboxylic acids is 1. The van der Waals surface area contributed by atoms with Gasteiger partial charge in [0.2, 0.25) is 0 Å². The molecule has 0 fully saturated rings. The van der Waals surface area contributed by atoms with Gasteiger partial charge in [-0.1, -0.05) is 18.2 Å². The van der Waals surface area contributed by atoms with Gasteiger partial charge in [-0.15, -0.1) is 0 Å². The molecule has 0 saturated heterocycles. The Balaban J connectivity index is -0.000000270. The summed E-state index contributed by atoms with van der Waals surface area (Å²) >= 11 is 0. The molecule has 1 aromatic rings. The Morgan fingerprint density at radius 3 is 1.75 bits per heavy atom. The van der Waals surface area contributed by atoms with E-state index in [4.69, 9.17) is 5.11 Å². The van der Waals surface area contributed by atoms with E-state index >= 15 is 0 Å². The molecule has 0 atom stereocenters. The summed E-state index contributed by atoms with van der Waals surface area (Å²) in [5.74, 6) is -0.879. The van der Waals surface area contributed by atoms with Crippen LogP contribution in [0.15, 0.2) is 30.3 Å². The average molecular weight is 182 g/mol. The van der Waals surface area contributed by atoms with Crippen molar-refractivity contribution >= 4 is 35.5 Å². The number of hydrogen-bond acceptors (Lipinski definition) is 1. The summed E-state index contributed by atoms with van der Waals surface area (Å²) in [5, 5.41) is 8.38. The van der Waals surface area contributed by atoms with Crippen molar-refractivity contribution in [2.45, 2.75) is 0 Å². The third-order valence-electron chi connectivity index (χ3n) is 1.02. The Kier molecular flexibility index (Phi) is 12.8. The van der Waals surface area contributed by atoms with Crippen LogP contribution in [0.25, 0.3) is 0 Å². The third kappa shape index (κ3) is 5.29. The zero-order valence-corrected chi connectivity index (χ0v) is 5.74. The van der Waals surface area contributed by atoms with Gasteiger partial charge in [0.25, 0.3) is 0 Å². The molecule has 12 heavy (non-hydrogen) atoms. The molecule has 0 heterocycles. The molecular weight excluding hydrogens is 171 g/mol. The first-order chi connectivity index (χ1) is 4.30. The van der Waals surface area contributed by atoms with Gasteiger partial charge in [0.1, 0.15) is 0 Å².